The van der Waals surface area contributed by atoms with Gasteiger partial charge < -0.3 is 5.32 Å². The van der Waals surface area contributed by atoms with Gasteiger partial charge in [0.1, 0.15) is 0 Å². The molecule has 0 unspecified atom stereocenters. The van der Waals surface area contributed by atoms with Gasteiger partial charge in [-0.1, -0.05) is 28.1 Å². The maximum absolute atomic E-state index is 3.64. The molecule has 2 aromatic rings. The van der Waals surface area contributed by atoms with Crippen LogP contribution < -0.4 is 5.32 Å². The minimum Gasteiger partial charge on any atom is -0.315 e. The summed E-state index contributed by atoms with van der Waals surface area (Å²) in [5, 5.41) is 5.58. The van der Waals surface area contributed by atoms with Crippen molar-refractivity contribution in [2.45, 2.75) is 11.8 Å². The Morgan fingerprint density at radius 3 is 2.33 bits per heavy atom. The molecule has 0 atom stereocenters. The van der Waals surface area contributed by atoms with Crippen LogP contribution >= 0.6 is 43.2 Å². The second-order valence-corrected chi connectivity index (χ2v) is 7.53. The highest BCUT2D eigenvalue weighted by molar-refractivity contribution is 9.10. The number of rotatable bonds is 3. The van der Waals surface area contributed by atoms with Gasteiger partial charge in [-0.15, -0.1) is 11.3 Å². The van der Waals surface area contributed by atoms with Gasteiger partial charge in [0, 0.05) is 32.3 Å². The molecule has 1 fully saturated rings. The number of nitrogens with one attached hydrogen (secondary N) is 1. The molecule has 1 aliphatic heterocycles. The largest absolute Gasteiger partial charge is 0.315 e. The van der Waals surface area contributed by atoms with Gasteiger partial charge in [0.15, 0.2) is 0 Å². The Hall–Kier alpha value is -0.160. The summed E-state index contributed by atoms with van der Waals surface area (Å²) in [6, 6.07) is 10.9. The number of hydrogen-bond donors (Lipinski definition) is 1. The second kappa shape index (κ2) is 5.08. The monoisotopic (exact) mass is 385 g/mol. The summed E-state index contributed by atoms with van der Waals surface area (Å²) >= 11 is 8.98. The molecule has 0 bridgehead atoms. The molecule has 4 heteroatoms. The van der Waals surface area contributed by atoms with E-state index in [1.807, 2.05) is 11.3 Å². The van der Waals surface area contributed by atoms with Crippen LogP contribution in [-0.4, -0.2) is 13.1 Å². The maximum Gasteiger partial charge on any atom is 0.0314 e. The van der Waals surface area contributed by atoms with Gasteiger partial charge in [-0.25, -0.2) is 0 Å². The molecule has 0 radical (unpaired) electrons. The smallest absolute Gasteiger partial charge is 0.0314 e. The minimum absolute atomic E-state index is 0.272. The van der Waals surface area contributed by atoms with Gasteiger partial charge in [-0.3, -0.25) is 0 Å². The van der Waals surface area contributed by atoms with Crippen molar-refractivity contribution in [3.8, 4) is 0 Å². The Morgan fingerprint density at radius 2 is 1.83 bits per heavy atom. The van der Waals surface area contributed by atoms with Crippen LogP contribution in [0.15, 0.2) is 44.7 Å². The van der Waals surface area contributed by atoms with E-state index in [1.165, 1.54) is 14.9 Å². The van der Waals surface area contributed by atoms with Crippen molar-refractivity contribution in [3.63, 3.8) is 0 Å². The Kier molecular flexibility index (Phi) is 3.63. The summed E-state index contributed by atoms with van der Waals surface area (Å²) < 4.78 is 2.39. The zero-order chi connectivity index (χ0) is 12.6. The lowest BCUT2D eigenvalue weighted by Gasteiger charge is -2.43. The quantitative estimate of drug-likeness (QED) is 0.826. The van der Waals surface area contributed by atoms with Crippen molar-refractivity contribution in [2.24, 2.45) is 0 Å². The average molecular weight is 387 g/mol. The van der Waals surface area contributed by atoms with E-state index in [1.54, 1.807) is 0 Å². The van der Waals surface area contributed by atoms with Crippen LogP contribution in [0.1, 0.15) is 10.4 Å². The number of thiophene rings is 1. The van der Waals surface area contributed by atoms with E-state index in [0.717, 1.165) is 24.0 Å². The van der Waals surface area contributed by atoms with Crippen LogP contribution in [0.3, 0.4) is 0 Å². The first-order valence-electron chi connectivity index (χ1n) is 5.88. The molecule has 1 aromatic heterocycles. The van der Waals surface area contributed by atoms with Crippen LogP contribution in [0.5, 0.6) is 0 Å². The maximum atomic E-state index is 3.64. The highest BCUT2D eigenvalue weighted by atomic mass is 79.9. The molecule has 2 heterocycles. The van der Waals surface area contributed by atoms with Gasteiger partial charge in [0.05, 0.1) is 0 Å². The lowest BCUT2D eigenvalue weighted by molar-refractivity contribution is 0.276. The molecule has 94 valence electrons. The van der Waals surface area contributed by atoms with Crippen LogP contribution in [0.25, 0.3) is 0 Å². The van der Waals surface area contributed by atoms with E-state index in [-0.39, 0.29) is 5.41 Å². The fourth-order valence-corrected chi connectivity index (χ4v) is 4.32. The fraction of sp³-hybridized carbons (Fsp3) is 0.286. The number of hydrogen-bond acceptors (Lipinski definition) is 2. The first kappa shape index (κ1) is 12.9. The summed E-state index contributed by atoms with van der Waals surface area (Å²) in [5.41, 5.74) is 1.71. The zero-order valence-corrected chi connectivity index (χ0v) is 13.7. The van der Waals surface area contributed by atoms with Crippen molar-refractivity contribution in [3.05, 3.63) is 55.1 Å². The van der Waals surface area contributed by atoms with Crippen molar-refractivity contribution in [1.29, 1.82) is 0 Å². The van der Waals surface area contributed by atoms with Crippen LogP contribution in [0.2, 0.25) is 0 Å². The van der Waals surface area contributed by atoms with Crippen LogP contribution in [0.4, 0.5) is 0 Å². The van der Waals surface area contributed by atoms with E-state index in [9.17, 15) is 0 Å². The second-order valence-electron chi connectivity index (χ2n) is 4.76. The molecule has 0 spiro atoms. The molecule has 1 N–H and O–H groups in total. The van der Waals surface area contributed by atoms with Crippen LogP contribution in [0, 0.1) is 0 Å². The van der Waals surface area contributed by atoms with Gasteiger partial charge in [0.25, 0.3) is 0 Å². The van der Waals surface area contributed by atoms with Gasteiger partial charge >= 0.3 is 0 Å². The van der Waals surface area contributed by atoms with Crippen LogP contribution in [-0.2, 0) is 11.8 Å². The molecule has 1 saturated heterocycles. The topological polar surface area (TPSA) is 12.0 Å². The normalized spacial score (nSPS) is 17.4. The first-order valence-corrected chi connectivity index (χ1v) is 8.35. The van der Waals surface area contributed by atoms with E-state index in [0.29, 0.717) is 0 Å². The van der Waals surface area contributed by atoms with Crippen molar-refractivity contribution >= 4 is 43.2 Å². The average Bonchev–Trinajstić information content (AvgIpc) is 2.71. The van der Waals surface area contributed by atoms with Crippen molar-refractivity contribution < 1.29 is 0 Å². The van der Waals surface area contributed by atoms with Gasteiger partial charge in [-0.2, -0.15) is 0 Å². The molecule has 3 rings (SSSR count). The Labute approximate surface area is 128 Å². The van der Waals surface area contributed by atoms with Crippen molar-refractivity contribution in [1.82, 2.24) is 5.32 Å². The van der Waals surface area contributed by atoms with Gasteiger partial charge in [0.2, 0.25) is 0 Å². The predicted molar refractivity (Wildman–Crippen MR) is 84.4 cm³/mol. The number of halogens is 2. The lowest BCUT2D eigenvalue weighted by atomic mass is 9.72. The molecule has 18 heavy (non-hydrogen) atoms. The standard InChI is InChI=1S/C14H13Br2NS/c15-11-3-1-10(2-4-11)14(8-17-9-14)7-13-12(16)5-6-18-13/h1-6,17H,7-9H2. The molecule has 0 saturated carbocycles. The summed E-state index contributed by atoms with van der Waals surface area (Å²) in [5.74, 6) is 0. The SMILES string of the molecule is Brc1ccc(C2(Cc3sccc3Br)CNC2)cc1. The summed E-state index contributed by atoms with van der Waals surface area (Å²) in [7, 11) is 0. The molecule has 1 aromatic carbocycles. The Balaban J connectivity index is 1.91. The minimum atomic E-state index is 0.272. The third-order valence-electron chi connectivity index (χ3n) is 3.57. The molecular formula is C14H13Br2NS. The highest BCUT2D eigenvalue weighted by Gasteiger charge is 2.39. The molecule has 1 nitrogen and oxygen atoms in total. The third kappa shape index (κ3) is 2.31. The molecule has 0 amide bonds. The fourth-order valence-electron chi connectivity index (χ4n) is 2.42. The third-order valence-corrected chi connectivity index (χ3v) is 6.03. The summed E-state index contributed by atoms with van der Waals surface area (Å²) in [6.45, 7) is 2.14. The van der Waals surface area contributed by atoms with E-state index in [2.05, 4.69) is 72.9 Å². The molecule has 0 aliphatic carbocycles. The predicted octanol–water partition coefficient (Wildman–Crippen LogP) is 4.36. The summed E-state index contributed by atoms with van der Waals surface area (Å²) in [4.78, 5) is 1.44. The van der Waals surface area contributed by atoms with E-state index >= 15 is 0 Å². The Morgan fingerprint density at radius 1 is 1.11 bits per heavy atom. The first-order chi connectivity index (χ1) is 8.70. The van der Waals surface area contributed by atoms with Gasteiger partial charge in [-0.05, 0) is 51.5 Å². The van der Waals surface area contributed by atoms with E-state index < -0.39 is 0 Å². The summed E-state index contributed by atoms with van der Waals surface area (Å²) in [6.07, 6.45) is 1.11. The van der Waals surface area contributed by atoms with E-state index in [4.69, 9.17) is 0 Å². The zero-order valence-electron chi connectivity index (χ0n) is 9.75. The molecule has 1 aliphatic rings. The lowest BCUT2D eigenvalue weighted by Crippen LogP contribution is -2.58. The highest BCUT2D eigenvalue weighted by Crippen LogP contribution is 2.37. The Bertz CT molecular complexity index is 543. The molecular weight excluding hydrogens is 374 g/mol. The van der Waals surface area contributed by atoms with Crippen molar-refractivity contribution in [2.75, 3.05) is 13.1 Å². The number of benzene rings is 1.